The standard InChI is InChI=1S/C10H17O/c1-7(2)10-5-4-9(11-10)8(3)6-10/h7-8H,4-6H2,1-3H3. The average Bonchev–Trinajstić information content (AvgIpc) is 2.44. The minimum absolute atomic E-state index is 0.245. The molecule has 2 aliphatic heterocycles. The average molecular weight is 153 g/mol. The lowest BCUT2D eigenvalue weighted by molar-refractivity contribution is 0.00996. The summed E-state index contributed by atoms with van der Waals surface area (Å²) in [6.07, 6.45) is 5.13. The van der Waals surface area contributed by atoms with Crippen LogP contribution in [-0.4, -0.2) is 5.60 Å². The molecule has 11 heavy (non-hydrogen) atoms. The minimum Gasteiger partial charge on any atom is -0.365 e. The van der Waals surface area contributed by atoms with Gasteiger partial charge in [0.2, 0.25) is 0 Å². The van der Waals surface area contributed by atoms with Gasteiger partial charge in [0, 0.05) is 0 Å². The summed E-state index contributed by atoms with van der Waals surface area (Å²) in [6.45, 7) is 6.85. The molecule has 0 aromatic carbocycles. The van der Waals surface area contributed by atoms with Crippen molar-refractivity contribution in [2.75, 3.05) is 0 Å². The molecule has 2 saturated heterocycles. The van der Waals surface area contributed by atoms with Gasteiger partial charge in [0.15, 0.2) is 0 Å². The van der Waals surface area contributed by atoms with E-state index in [-0.39, 0.29) is 5.60 Å². The maximum Gasteiger partial charge on any atom is 0.101 e. The van der Waals surface area contributed by atoms with Crippen LogP contribution in [0, 0.1) is 17.9 Å². The molecule has 0 aliphatic carbocycles. The fourth-order valence-corrected chi connectivity index (χ4v) is 2.46. The molecule has 2 heterocycles. The Morgan fingerprint density at radius 1 is 1.55 bits per heavy atom. The van der Waals surface area contributed by atoms with Gasteiger partial charge in [-0.2, -0.15) is 0 Å². The molecule has 2 fully saturated rings. The molecule has 1 radical (unpaired) electrons. The van der Waals surface area contributed by atoms with E-state index < -0.39 is 0 Å². The normalized spacial score (nSPS) is 44.2. The highest BCUT2D eigenvalue weighted by Crippen LogP contribution is 2.54. The smallest absolute Gasteiger partial charge is 0.101 e. The van der Waals surface area contributed by atoms with Crippen molar-refractivity contribution in [3.63, 3.8) is 0 Å². The van der Waals surface area contributed by atoms with Crippen molar-refractivity contribution in [3.8, 4) is 0 Å². The Labute approximate surface area is 69.1 Å². The van der Waals surface area contributed by atoms with Crippen molar-refractivity contribution in [2.24, 2.45) is 11.8 Å². The monoisotopic (exact) mass is 153 g/mol. The third kappa shape index (κ3) is 0.936. The molecule has 0 spiro atoms. The Bertz CT molecular complexity index is 160. The quantitative estimate of drug-likeness (QED) is 0.563. The second-order valence-corrected chi connectivity index (χ2v) is 4.39. The summed E-state index contributed by atoms with van der Waals surface area (Å²) >= 11 is 0. The second-order valence-electron chi connectivity index (χ2n) is 4.39. The summed E-state index contributed by atoms with van der Waals surface area (Å²) < 4.78 is 5.95. The Morgan fingerprint density at radius 3 is 2.55 bits per heavy atom. The maximum atomic E-state index is 5.95. The molecule has 0 N–H and O–H groups in total. The molecule has 0 aromatic rings. The van der Waals surface area contributed by atoms with E-state index in [9.17, 15) is 0 Å². The minimum atomic E-state index is 0.245. The summed E-state index contributed by atoms with van der Waals surface area (Å²) in [7, 11) is 0. The molecular formula is C10H17O. The van der Waals surface area contributed by atoms with Crippen LogP contribution >= 0.6 is 0 Å². The molecule has 1 heteroatoms. The van der Waals surface area contributed by atoms with Gasteiger partial charge in [-0.3, -0.25) is 0 Å². The van der Waals surface area contributed by atoms with Crippen molar-refractivity contribution in [2.45, 2.75) is 45.6 Å². The summed E-state index contributed by atoms with van der Waals surface area (Å²) in [5.41, 5.74) is 0.245. The Hall–Kier alpha value is -0.0400. The Balaban J connectivity index is 2.17. The Kier molecular flexibility index (Phi) is 1.54. The van der Waals surface area contributed by atoms with Gasteiger partial charge in [0.25, 0.3) is 0 Å². The third-order valence-corrected chi connectivity index (χ3v) is 3.38. The highest BCUT2D eigenvalue weighted by molar-refractivity contribution is 5.09. The van der Waals surface area contributed by atoms with Crippen LogP contribution in [-0.2, 0) is 4.74 Å². The lowest BCUT2D eigenvalue weighted by Gasteiger charge is -2.29. The van der Waals surface area contributed by atoms with Gasteiger partial charge in [-0.25, -0.2) is 0 Å². The number of rotatable bonds is 1. The predicted molar refractivity (Wildman–Crippen MR) is 44.9 cm³/mol. The van der Waals surface area contributed by atoms with E-state index in [1.165, 1.54) is 25.4 Å². The fourth-order valence-electron chi connectivity index (χ4n) is 2.46. The van der Waals surface area contributed by atoms with E-state index in [2.05, 4.69) is 20.8 Å². The zero-order valence-corrected chi connectivity index (χ0v) is 7.68. The van der Waals surface area contributed by atoms with Crippen LogP contribution in [0.3, 0.4) is 0 Å². The fraction of sp³-hybridized carbons (Fsp3) is 0.900. The van der Waals surface area contributed by atoms with E-state index in [1.807, 2.05) is 0 Å². The highest BCUT2D eigenvalue weighted by Gasteiger charge is 2.52. The summed E-state index contributed by atoms with van der Waals surface area (Å²) in [5.74, 6) is 1.41. The van der Waals surface area contributed by atoms with Crippen LogP contribution in [0.25, 0.3) is 0 Å². The molecule has 2 atom stereocenters. The van der Waals surface area contributed by atoms with Gasteiger partial charge in [-0.15, -0.1) is 0 Å². The van der Waals surface area contributed by atoms with Crippen LogP contribution in [0.4, 0.5) is 0 Å². The first kappa shape index (κ1) is 7.60. The van der Waals surface area contributed by atoms with E-state index >= 15 is 0 Å². The van der Waals surface area contributed by atoms with Crippen LogP contribution in [0.5, 0.6) is 0 Å². The van der Waals surface area contributed by atoms with Gasteiger partial charge in [0.1, 0.15) is 6.10 Å². The van der Waals surface area contributed by atoms with Crippen molar-refractivity contribution >= 4 is 0 Å². The first-order valence-corrected chi connectivity index (χ1v) is 4.69. The van der Waals surface area contributed by atoms with Crippen molar-refractivity contribution in [3.05, 3.63) is 6.10 Å². The van der Waals surface area contributed by atoms with Crippen LogP contribution in [0.15, 0.2) is 0 Å². The van der Waals surface area contributed by atoms with Crippen LogP contribution in [0.2, 0.25) is 0 Å². The summed E-state index contributed by atoms with van der Waals surface area (Å²) in [5, 5.41) is 0. The molecule has 2 rings (SSSR count). The number of hydrogen-bond donors (Lipinski definition) is 0. The highest BCUT2D eigenvalue weighted by atomic mass is 16.5. The molecule has 0 saturated carbocycles. The topological polar surface area (TPSA) is 9.23 Å². The lowest BCUT2D eigenvalue weighted by atomic mass is 9.76. The van der Waals surface area contributed by atoms with Crippen LogP contribution in [0.1, 0.15) is 40.0 Å². The first-order chi connectivity index (χ1) is 5.14. The summed E-state index contributed by atoms with van der Waals surface area (Å²) in [4.78, 5) is 0. The first-order valence-electron chi connectivity index (χ1n) is 4.69. The number of ether oxygens (including phenoxy) is 1. The Morgan fingerprint density at radius 2 is 2.27 bits per heavy atom. The number of fused-ring (bicyclic) bond motifs is 2. The molecular weight excluding hydrogens is 136 g/mol. The molecule has 2 unspecified atom stereocenters. The lowest BCUT2D eigenvalue weighted by Crippen LogP contribution is -2.32. The summed E-state index contributed by atoms with van der Waals surface area (Å²) in [6, 6.07) is 0. The molecule has 0 aromatic heterocycles. The van der Waals surface area contributed by atoms with Gasteiger partial charge in [0.05, 0.1) is 5.60 Å². The molecule has 63 valence electrons. The number of hydrogen-bond acceptors (Lipinski definition) is 1. The van der Waals surface area contributed by atoms with Crippen LogP contribution < -0.4 is 0 Å². The molecule has 0 amide bonds. The maximum absolute atomic E-state index is 5.95. The largest absolute Gasteiger partial charge is 0.365 e. The van der Waals surface area contributed by atoms with Crippen molar-refractivity contribution in [1.29, 1.82) is 0 Å². The van der Waals surface area contributed by atoms with E-state index in [0.29, 0.717) is 5.92 Å². The second kappa shape index (κ2) is 2.22. The molecule has 1 nitrogen and oxygen atoms in total. The molecule has 2 aliphatic rings. The van der Waals surface area contributed by atoms with E-state index in [0.717, 1.165) is 5.92 Å². The SMILES string of the molecule is CC1CC2(C(C)C)CC[C]1O2. The van der Waals surface area contributed by atoms with E-state index in [1.54, 1.807) is 0 Å². The van der Waals surface area contributed by atoms with Gasteiger partial charge in [-0.1, -0.05) is 20.8 Å². The zero-order chi connectivity index (χ0) is 8.06. The van der Waals surface area contributed by atoms with Crippen molar-refractivity contribution < 1.29 is 4.74 Å². The van der Waals surface area contributed by atoms with E-state index in [4.69, 9.17) is 4.74 Å². The van der Waals surface area contributed by atoms with Gasteiger partial charge < -0.3 is 4.74 Å². The molecule has 2 bridgehead atoms. The predicted octanol–water partition coefficient (Wildman–Crippen LogP) is 2.76. The van der Waals surface area contributed by atoms with Gasteiger partial charge in [-0.05, 0) is 31.1 Å². The van der Waals surface area contributed by atoms with Gasteiger partial charge >= 0.3 is 0 Å². The van der Waals surface area contributed by atoms with Crippen molar-refractivity contribution in [1.82, 2.24) is 0 Å². The third-order valence-electron chi connectivity index (χ3n) is 3.38. The zero-order valence-electron chi connectivity index (χ0n) is 7.68.